The Hall–Kier alpha value is -1.62. The monoisotopic (exact) mass is 307 g/mol. The van der Waals surface area contributed by atoms with Gasteiger partial charge in [0.15, 0.2) is 0 Å². The molecule has 1 unspecified atom stereocenters. The Labute approximate surface area is 129 Å². The fraction of sp³-hybridized carbons (Fsp3) is 0.500. The molecular formula is C16H21NO3S. The molecule has 1 fully saturated rings. The van der Waals surface area contributed by atoms with E-state index in [1.165, 1.54) is 11.3 Å². The lowest BCUT2D eigenvalue weighted by Crippen LogP contribution is -2.28. The van der Waals surface area contributed by atoms with E-state index >= 15 is 0 Å². The van der Waals surface area contributed by atoms with Crippen LogP contribution in [-0.2, 0) is 4.79 Å². The number of hydrogen-bond acceptors (Lipinski definition) is 3. The molecule has 1 aliphatic heterocycles. The van der Waals surface area contributed by atoms with Gasteiger partial charge in [0.25, 0.3) is 5.91 Å². The van der Waals surface area contributed by atoms with Crippen LogP contribution in [0.15, 0.2) is 12.1 Å². The fourth-order valence-electron chi connectivity index (χ4n) is 2.59. The number of thiophene rings is 1. The molecule has 1 amide bonds. The van der Waals surface area contributed by atoms with Crippen molar-refractivity contribution < 1.29 is 14.7 Å². The van der Waals surface area contributed by atoms with Crippen LogP contribution in [0.2, 0.25) is 0 Å². The van der Waals surface area contributed by atoms with Gasteiger partial charge in [-0.1, -0.05) is 13.8 Å². The predicted octanol–water partition coefficient (Wildman–Crippen LogP) is 3.27. The average molecular weight is 307 g/mol. The minimum Gasteiger partial charge on any atom is -0.478 e. The zero-order valence-corrected chi connectivity index (χ0v) is 13.4. The highest BCUT2D eigenvalue weighted by molar-refractivity contribution is 7.15. The SMILES string of the molecule is Cc1cc(C(=O)N2CCC(C(C)C)C2)sc1/C=C/C(=O)O. The van der Waals surface area contributed by atoms with Gasteiger partial charge in [-0.3, -0.25) is 4.79 Å². The first-order valence-electron chi connectivity index (χ1n) is 7.19. The fourth-order valence-corrected chi connectivity index (χ4v) is 3.63. The molecule has 21 heavy (non-hydrogen) atoms. The van der Waals surface area contributed by atoms with E-state index in [2.05, 4.69) is 13.8 Å². The molecule has 0 aromatic carbocycles. The number of amides is 1. The van der Waals surface area contributed by atoms with E-state index in [0.717, 1.165) is 36.0 Å². The van der Waals surface area contributed by atoms with Crippen molar-refractivity contribution in [1.82, 2.24) is 4.90 Å². The van der Waals surface area contributed by atoms with Crippen LogP contribution >= 0.6 is 11.3 Å². The van der Waals surface area contributed by atoms with Gasteiger partial charge < -0.3 is 10.0 Å². The van der Waals surface area contributed by atoms with Crippen molar-refractivity contribution >= 4 is 29.3 Å². The molecule has 0 radical (unpaired) electrons. The third-order valence-electron chi connectivity index (χ3n) is 4.00. The molecule has 0 aliphatic carbocycles. The number of likely N-dealkylation sites (tertiary alicyclic amines) is 1. The minimum absolute atomic E-state index is 0.0706. The van der Waals surface area contributed by atoms with Crippen LogP contribution in [0, 0.1) is 18.8 Å². The normalized spacial score (nSPS) is 18.9. The number of nitrogens with zero attached hydrogens (tertiary/aromatic N) is 1. The van der Waals surface area contributed by atoms with Gasteiger partial charge >= 0.3 is 5.97 Å². The number of rotatable bonds is 4. The van der Waals surface area contributed by atoms with E-state index in [9.17, 15) is 9.59 Å². The summed E-state index contributed by atoms with van der Waals surface area (Å²) in [6.45, 7) is 7.94. The van der Waals surface area contributed by atoms with Gasteiger partial charge in [-0.15, -0.1) is 11.3 Å². The van der Waals surface area contributed by atoms with E-state index in [1.54, 1.807) is 6.08 Å². The maximum atomic E-state index is 12.5. The first-order valence-corrected chi connectivity index (χ1v) is 8.01. The lowest BCUT2D eigenvalue weighted by Gasteiger charge is -2.17. The molecule has 5 heteroatoms. The molecule has 1 aliphatic rings. The van der Waals surface area contributed by atoms with E-state index in [0.29, 0.717) is 16.7 Å². The largest absolute Gasteiger partial charge is 0.478 e. The average Bonchev–Trinajstić information content (AvgIpc) is 3.02. The molecule has 0 saturated carbocycles. The Morgan fingerprint density at radius 1 is 1.48 bits per heavy atom. The minimum atomic E-state index is -0.977. The van der Waals surface area contributed by atoms with Crippen molar-refractivity contribution in [3.05, 3.63) is 27.5 Å². The summed E-state index contributed by atoms with van der Waals surface area (Å²) < 4.78 is 0. The lowest BCUT2D eigenvalue weighted by atomic mass is 9.95. The van der Waals surface area contributed by atoms with E-state index in [1.807, 2.05) is 17.9 Å². The molecule has 2 heterocycles. The summed E-state index contributed by atoms with van der Waals surface area (Å²) in [6.07, 6.45) is 3.73. The third-order valence-corrected chi connectivity index (χ3v) is 5.19. The number of carbonyl (C=O) groups excluding carboxylic acids is 1. The highest BCUT2D eigenvalue weighted by atomic mass is 32.1. The van der Waals surface area contributed by atoms with Gasteiger partial charge in [0.2, 0.25) is 0 Å². The lowest BCUT2D eigenvalue weighted by molar-refractivity contribution is -0.131. The summed E-state index contributed by atoms with van der Waals surface area (Å²) in [4.78, 5) is 26.5. The molecule has 1 N–H and O–H groups in total. The van der Waals surface area contributed by atoms with Gasteiger partial charge in [-0.2, -0.15) is 0 Å². The van der Waals surface area contributed by atoms with Gasteiger partial charge in [0.05, 0.1) is 4.88 Å². The predicted molar refractivity (Wildman–Crippen MR) is 84.6 cm³/mol. The second-order valence-electron chi connectivity index (χ2n) is 5.87. The Kier molecular flexibility index (Phi) is 4.83. The molecule has 114 valence electrons. The van der Waals surface area contributed by atoms with Crippen LogP contribution in [-0.4, -0.2) is 35.0 Å². The van der Waals surface area contributed by atoms with Crippen molar-refractivity contribution in [1.29, 1.82) is 0 Å². The highest BCUT2D eigenvalue weighted by Gasteiger charge is 2.29. The maximum Gasteiger partial charge on any atom is 0.328 e. The van der Waals surface area contributed by atoms with Crippen LogP contribution in [0.4, 0.5) is 0 Å². The number of carboxylic acid groups (broad SMARTS) is 1. The Bertz CT molecular complexity index is 574. The van der Waals surface area contributed by atoms with Gasteiger partial charge in [-0.25, -0.2) is 4.79 Å². The number of aliphatic carboxylic acids is 1. The smallest absolute Gasteiger partial charge is 0.328 e. The zero-order chi connectivity index (χ0) is 15.6. The molecular weight excluding hydrogens is 286 g/mol. The molecule has 1 atom stereocenters. The summed E-state index contributed by atoms with van der Waals surface area (Å²) in [5.74, 6) is 0.277. The standard InChI is InChI=1S/C16H21NO3S/c1-10(2)12-6-7-17(9-12)16(20)14-8-11(3)13(21-14)4-5-15(18)19/h4-5,8,10,12H,6-7,9H2,1-3H3,(H,18,19)/b5-4+. The van der Waals surface area contributed by atoms with Crippen LogP contribution in [0.1, 0.15) is 40.4 Å². The third kappa shape index (κ3) is 3.73. The summed E-state index contributed by atoms with van der Waals surface area (Å²) in [6, 6.07) is 1.86. The van der Waals surface area contributed by atoms with Crippen LogP contribution in [0.5, 0.6) is 0 Å². The van der Waals surface area contributed by atoms with E-state index in [4.69, 9.17) is 5.11 Å². The van der Waals surface area contributed by atoms with Gasteiger partial charge in [0.1, 0.15) is 0 Å². The van der Waals surface area contributed by atoms with Crippen LogP contribution in [0.25, 0.3) is 6.08 Å². The second-order valence-corrected chi connectivity index (χ2v) is 6.96. The zero-order valence-electron chi connectivity index (χ0n) is 12.6. The number of carboxylic acids is 1. The Morgan fingerprint density at radius 3 is 2.76 bits per heavy atom. The molecule has 0 bridgehead atoms. The Morgan fingerprint density at radius 2 is 2.19 bits per heavy atom. The van der Waals surface area contributed by atoms with E-state index in [-0.39, 0.29) is 5.91 Å². The topological polar surface area (TPSA) is 57.6 Å². The molecule has 1 aromatic rings. The first-order chi connectivity index (χ1) is 9.88. The number of aryl methyl sites for hydroxylation is 1. The molecule has 0 spiro atoms. The Balaban J connectivity index is 2.10. The molecule has 2 rings (SSSR count). The van der Waals surface area contributed by atoms with E-state index < -0.39 is 5.97 Å². The first kappa shape index (κ1) is 15.8. The second kappa shape index (κ2) is 6.43. The van der Waals surface area contributed by atoms with Crippen molar-refractivity contribution in [2.45, 2.75) is 27.2 Å². The van der Waals surface area contributed by atoms with Crippen LogP contribution in [0.3, 0.4) is 0 Å². The summed E-state index contributed by atoms with van der Waals surface area (Å²) in [5.41, 5.74) is 0.945. The van der Waals surface area contributed by atoms with Gasteiger partial charge in [0, 0.05) is 24.0 Å². The van der Waals surface area contributed by atoms with Crippen molar-refractivity contribution in [2.24, 2.45) is 11.8 Å². The van der Waals surface area contributed by atoms with Crippen molar-refractivity contribution in [3.63, 3.8) is 0 Å². The van der Waals surface area contributed by atoms with Crippen LogP contribution < -0.4 is 0 Å². The highest BCUT2D eigenvalue weighted by Crippen LogP contribution is 2.29. The van der Waals surface area contributed by atoms with Gasteiger partial charge in [-0.05, 0) is 42.9 Å². The van der Waals surface area contributed by atoms with Crippen molar-refractivity contribution in [2.75, 3.05) is 13.1 Å². The van der Waals surface area contributed by atoms with Crippen molar-refractivity contribution in [3.8, 4) is 0 Å². The molecule has 4 nitrogen and oxygen atoms in total. The molecule has 1 aromatic heterocycles. The molecule has 1 saturated heterocycles. The summed E-state index contributed by atoms with van der Waals surface area (Å²) in [7, 11) is 0. The quantitative estimate of drug-likeness (QED) is 0.869. The summed E-state index contributed by atoms with van der Waals surface area (Å²) in [5, 5.41) is 8.68. The number of carbonyl (C=O) groups is 2. The summed E-state index contributed by atoms with van der Waals surface area (Å²) >= 11 is 1.36. The maximum absolute atomic E-state index is 12.5. The number of hydrogen-bond donors (Lipinski definition) is 1.